The maximum absolute atomic E-state index is 13.6. The molecule has 1 rings (SSSR count). The van der Waals surface area contributed by atoms with Gasteiger partial charge in [0.1, 0.15) is 5.82 Å². The summed E-state index contributed by atoms with van der Waals surface area (Å²) in [5.74, 6) is -0.360. The molecule has 0 spiro atoms. The average Bonchev–Trinajstić information content (AvgIpc) is 2.34. The molecule has 4 nitrogen and oxygen atoms in total. The zero-order valence-corrected chi connectivity index (χ0v) is 9.90. The minimum atomic E-state index is -0.360. The van der Waals surface area contributed by atoms with Gasteiger partial charge < -0.3 is 19.8 Å². The fourth-order valence-electron chi connectivity index (χ4n) is 1.45. The van der Waals surface area contributed by atoms with E-state index in [1.54, 1.807) is 24.1 Å². The number of likely N-dealkylation sites (N-methyl/N-ethyl adjacent to an activating group) is 1. The summed E-state index contributed by atoms with van der Waals surface area (Å²) in [6, 6.07) is 4.64. The van der Waals surface area contributed by atoms with Crippen LogP contribution >= 0.6 is 0 Å². The Morgan fingerprint density at radius 3 is 2.65 bits per heavy atom. The van der Waals surface area contributed by atoms with E-state index < -0.39 is 0 Å². The van der Waals surface area contributed by atoms with Crippen LogP contribution in [0.1, 0.15) is 5.56 Å². The van der Waals surface area contributed by atoms with Crippen molar-refractivity contribution in [2.24, 2.45) is 0 Å². The summed E-state index contributed by atoms with van der Waals surface area (Å²) < 4.78 is 18.7. The summed E-state index contributed by atoms with van der Waals surface area (Å²) in [7, 11) is 1.76. The number of aliphatic hydroxyl groups is 2. The van der Waals surface area contributed by atoms with Gasteiger partial charge in [-0.1, -0.05) is 6.07 Å². The second-order valence-electron chi connectivity index (χ2n) is 3.70. The van der Waals surface area contributed by atoms with Crippen LogP contribution in [0.4, 0.5) is 10.1 Å². The molecule has 0 aromatic heterocycles. The Morgan fingerprint density at radius 1 is 1.29 bits per heavy atom. The van der Waals surface area contributed by atoms with Crippen LogP contribution in [0.25, 0.3) is 0 Å². The maximum Gasteiger partial charge on any atom is 0.146 e. The van der Waals surface area contributed by atoms with Crippen LogP contribution in [0.3, 0.4) is 0 Å². The highest BCUT2D eigenvalue weighted by atomic mass is 19.1. The van der Waals surface area contributed by atoms with Crippen molar-refractivity contribution < 1.29 is 19.3 Å². The van der Waals surface area contributed by atoms with Crippen molar-refractivity contribution in [3.8, 4) is 0 Å². The fraction of sp³-hybridized carbons (Fsp3) is 0.500. The summed E-state index contributed by atoms with van der Waals surface area (Å²) >= 11 is 0. The third-order valence-electron chi connectivity index (χ3n) is 2.41. The summed E-state index contributed by atoms with van der Waals surface area (Å²) in [6.45, 7) is 1.08. The average molecular weight is 243 g/mol. The highest BCUT2D eigenvalue weighted by Gasteiger charge is 2.07. The molecule has 0 aliphatic heterocycles. The van der Waals surface area contributed by atoms with Crippen molar-refractivity contribution in [1.82, 2.24) is 0 Å². The van der Waals surface area contributed by atoms with Gasteiger partial charge in [0, 0.05) is 13.6 Å². The molecule has 1 aromatic rings. The SMILES string of the molecule is CN(CCOCCO)c1ccc(CO)cc1F. The van der Waals surface area contributed by atoms with Gasteiger partial charge in [0.05, 0.1) is 32.1 Å². The standard InChI is InChI=1S/C12H18FNO3/c1-14(4-6-17-7-5-15)12-3-2-10(9-16)8-11(12)13/h2-3,8,15-16H,4-7,9H2,1H3. The highest BCUT2D eigenvalue weighted by Crippen LogP contribution is 2.19. The van der Waals surface area contributed by atoms with Crippen LogP contribution in [0.15, 0.2) is 18.2 Å². The van der Waals surface area contributed by atoms with Crippen molar-refractivity contribution in [1.29, 1.82) is 0 Å². The molecule has 0 bridgehead atoms. The maximum atomic E-state index is 13.6. The number of hydrogen-bond donors (Lipinski definition) is 2. The molecule has 0 atom stereocenters. The first kappa shape index (κ1) is 13.9. The number of ether oxygens (including phenoxy) is 1. The molecule has 17 heavy (non-hydrogen) atoms. The van der Waals surface area contributed by atoms with Crippen molar-refractivity contribution in [3.05, 3.63) is 29.6 Å². The fourth-order valence-corrected chi connectivity index (χ4v) is 1.45. The zero-order valence-electron chi connectivity index (χ0n) is 9.90. The third kappa shape index (κ3) is 4.30. The van der Waals surface area contributed by atoms with Gasteiger partial charge in [-0.25, -0.2) is 4.39 Å². The van der Waals surface area contributed by atoms with E-state index in [2.05, 4.69) is 0 Å². The molecule has 1 aromatic carbocycles. The predicted molar refractivity (Wildman–Crippen MR) is 63.5 cm³/mol. The Morgan fingerprint density at radius 2 is 2.06 bits per heavy atom. The smallest absolute Gasteiger partial charge is 0.146 e. The van der Waals surface area contributed by atoms with Gasteiger partial charge in [-0.05, 0) is 17.7 Å². The van der Waals surface area contributed by atoms with Gasteiger partial charge >= 0.3 is 0 Å². The Bertz CT molecular complexity index is 347. The molecule has 2 N–H and O–H groups in total. The van der Waals surface area contributed by atoms with E-state index in [0.717, 1.165) is 0 Å². The lowest BCUT2D eigenvalue weighted by Crippen LogP contribution is -2.24. The normalized spacial score (nSPS) is 10.6. The lowest BCUT2D eigenvalue weighted by molar-refractivity contribution is 0.0971. The van der Waals surface area contributed by atoms with Gasteiger partial charge in [-0.15, -0.1) is 0 Å². The molecule has 5 heteroatoms. The summed E-state index contributed by atoms with van der Waals surface area (Å²) in [4.78, 5) is 1.73. The topological polar surface area (TPSA) is 52.9 Å². The van der Waals surface area contributed by atoms with Gasteiger partial charge in [-0.2, -0.15) is 0 Å². The minimum absolute atomic E-state index is 0.0106. The number of halogens is 1. The number of benzene rings is 1. The highest BCUT2D eigenvalue weighted by molar-refractivity contribution is 5.48. The first-order valence-corrected chi connectivity index (χ1v) is 5.48. The quantitative estimate of drug-likeness (QED) is 0.694. The lowest BCUT2D eigenvalue weighted by atomic mass is 10.2. The van der Waals surface area contributed by atoms with E-state index >= 15 is 0 Å². The van der Waals surface area contributed by atoms with Crippen molar-refractivity contribution in [2.45, 2.75) is 6.61 Å². The molecule has 0 radical (unpaired) electrons. The largest absolute Gasteiger partial charge is 0.394 e. The monoisotopic (exact) mass is 243 g/mol. The molecule has 0 amide bonds. The zero-order chi connectivity index (χ0) is 12.7. The number of anilines is 1. The van der Waals surface area contributed by atoms with Crippen LogP contribution in [0.2, 0.25) is 0 Å². The minimum Gasteiger partial charge on any atom is -0.394 e. The lowest BCUT2D eigenvalue weighted by Gasteiger charge is -2.20. The van der Waals surface area contributed by atoms with Crippen LogP contribution in [-0.4, -0.2) is 43.6 Å². The first-order valence-electron chi connectivity index (χ1n) is 5.48. The molecule has 0 fully saturated rings. The summed E-state index contributed by atoms with van der Waals surface area (Å²) in [6.07, 6.45) is 0. The van der Waals surface area contributed by atoms with Crippen LogP contribution in [0, 0.1) is 5.82 Å². The van der Waals surface area contributed by atoms with Gasteiger partial charge in [0.15, 0.2) is 0 Å². The van der Waals surface area contributed by atoms with E-state index in [1.807, 2.05) is 0 Å². The van der Waals surface area contributed by atoms with Crippen LogP contribution in [0.5, 0.6) is 0 Å². The second-order valence-corrected chi connectivity index (χ2v) is 3.70. The second kappa shape index (κ2) is 7.21. The molecule has 0 aliphatic rings. The van der Waals surface area contributed by atoms with Gasteiger partial charge in [0.25, 0.3) is 0 Å². The third-order valence-corrected chi connectivity index (χ3v) is 2.41. The number of aliphatic hydroxyl groups excluding tert-OH is 2. The van der Waals surface area contributed by atoms with Gasteiger partial charge in [-0.3, -0.25) is 0 Å². The first-order chi connectivity index (χ1) is 8.19. The number of rotatable bonds is 7. The Labute approximate surface area is 100 Å². The molecular formula is C12H18FNO3. The van der Waals surface area contributed by atoms with Crippen LogP contribution in [-0.2, 0) is 11.3 Å². The molecular weight excluding hydrogens is 225 g/mol. The molecule has 0 heterocycles. The Balaban J connectivity index is 2.53. The summed E-state index contributed by atoms with van der Waals surface area (Å²) in [5.41, 5.74) is 1.02. The van der Waals surface area contributed by atoms with Crippen molar-refractivity contribution >= 4 is 5.69 Å². The van der Waals surface area contributed by atoms with Crippen molar-refractivity contribution in [3.63, 3.8) is 0 Å². The van der Waals surface area contributed by atoms with E-state index in [-0.39, 0.29) is 19.0 Å². The van der Waals surface area contributed by atoms with E-state index in [9.17, 15) is 4.39 Å². The molecule has 0 aliphatic carbocycles. The van der Waals surface area contributed by atoms with Crippen molar-refractivity contribution in [2.75, 3.05) is 38.3 Å². The van der Waals surface area contributed by atoms with E-state index in [1.165, 1.54) is 6.07 Å². The van der Waals surface area contributed by atoms with Gasteiger partial charge in [0.2, 0.25) is 0 Å². The molecule has 0 unspecified atom stereocenters. The Hall–Kier alpha value is -1.17. The number of hydrogen-bond acceptors (Lipinski definition) is 4. The Kier molecular flexibility index (Phi) is 5.90. The van der Waals surface area contributed by atoms with Crippen LogP contribution < -0.4 is 4.90 Å². The van der Waals surface area contributed by atoms with E-state index in [4.69, 9.17) is 14.9 Å². The molecule has 0 saturated carbocycles. The molecule has 96 valence electrons. The predicted octanol–water partition coefficient (Wildman–Crippen LogP) is 0.763. The number of nitrogens with zero attached hydrogens (tertiary/aromatic N) is 1. The molecule has 0 saturated heterocycles. The summed E-state index contributed by atoms with van der Waals surface area (Å²) in [5, 5.41) is 17.4. The van der Waals surface area contributed by atoms with E-state index in [0.29, 0.717) is 31.0 Å².